The highest BCUT2D eigenvalue weighted by atomic mass is 32.2. The van der Waals surface area contributed by atoms with Gasteiger partial charge in [0.2, 0.25) is 0 Å². The second kappa shape index (κ2) is 13.2. The summed E-state index contributed by atoms with van der Waals surface area (Å²) < 4.78 is 18.3. The normalized spacial score (nSPS) is 19.7. The van der Waals surface area contributed by atoms with Crippen LogP contribution in [-0.2, 0) is 25.1 Å². The van der Waals surface area contributed by atoms with Crippen LogP contribution in [0.3, 0.4) is 0 Å². The molecule has 0 aliphatic heterocycles. The Morgan fingerprint density at radius 3 is 2.26 bits per heavy atom. The Morgan fingerprint density at radius 2 is 1.62 bits per heavy atom. The second-order valence-electron chi connectivity index (χ2n) is 9.21. The fourth-order valence-corrected chi connectivity index (χ4v) is 7.97. The predicted molar refractivity (Wildman–Crippen MR) is 139 cm³/mol. The Hall–Kier alpha value is -1.92. The number of esters is 1. The van der Waals surface area contributed by atoms with E-state index >= 15 is 0 Å². The van der Waals surface area contributed by atoms with Gasteiger partial charge in [-0.2, -0.15) is 0 Å². The zero-order chi connectivity index (χ0) is 24.5. The number of Topliss-reactive ketones (excluding diaryl/α,β-unsaturated/α-hetero) is 1. The van der Waals surface area contributed by atoms with Crippen LogP contribution < -0.4 is 0 Å². The molecule has 0 N–H and O–H groups in total. The van der Waals surface area contributed by atoms with Gasteiger partial charge in [0, 0.05) is 28.6 Å². The standard InChI is InChI=1S/C28H36O4S2/c1-20-10-14-22(15-11-20)33-28(34(31)23-16-12-21(2)13-17-23)25-18-19-26(29)24(25)8-6-4-5-7-9-27(30)32-3/h10-17,24-25,28H,4-9,18-19H2,1-3H3/t24?,25-,28?,34-/m1/s1. The maximum Gasteiger partial charge on any atom is 0.305 e. The summed E-state index contributed by atoms with van der Waals surface area (Å²) in [6, 6.07) is 16.3. The van der Waals surface area contributed by atoms with E-state index in [1.54, 1.807) is 11.8 Å². The second-order valence-corrected chi connectivity index (χ2v) is 12.3. The summed E-state index contributed by atoms with van der Waals surface area (Å²) in [7, 11) is 0.198. The third-order valence-electron chi connectivity index (χ3n) is 6.62. The number of hydrogen-bond donors (Lipinski definition) is 0. The fraction of sp³-hybridized carbons (Fsp3) is 0.500. The maximum absolute atomic E-state index is 13.8. The number of unbranched alkanes of at least 4 members (excludes halogenated alkanes) is 3. The molecule has 0 amide bonds. The average Bonchev–Trinajstić information content (AvgIpc) is 3.20. The van der Waals surface area contributed by atoms with Gasteiger partial charge >= 0.3 is 5.97 Å². The molecule has 0 radical (unpaired) electrons. The number of thioether (sulfide) groups is 1. The lowest BCUT2D eigenvalue weighted by molar-refractivity contribution is -0.140. The van der Waals surface area contributed by atoms with Crippen LogP contribution in [0.5, 0.6) is 0 Å². The van der Waals surface area contributed by atoms with Gasteiger partial charge in [-0.05, 0) is 63.3 Å². The van der Waals surface area contributed by atoms with E-state index in [2.05, 4.69) is 31.2 Å². The topological polar surface area (TPSA) is 60.4 Å². The number of methoxy groups -OCH3 is 1. The van der Waals surface area contributed by atoms with Crippen molar-refractivity contribution >= 4 is 34.3 Å². The van der Waals surface area contributed by atoms with Gasteiger partial charge in [0.1, 0.15) is 5.78 Å². The highest BCUT2D eigenvalue weighted by Crippen LogP contribution is 2.44. The summed E-state index contributed by atoms with van der Waals surface area (Å²) in [6.07, 6.45) is 6.37. The lowest BCUT2D eigenvalue weighted by atomic mass is 9.91. The van der Waals surface area contributed by atoms with Crippen molar-refractivity contribution in [3.8, 4) is 0 Å². The number of ether oxygens (including phenoxy) is 1. The van der Waals surface area contributed by atoms with E-state index in [9.17, 15) is 13.8 Å². The summed E-state index contributed by atoms with van der Waals surface area (Å²) >= 11 is 1.66. The maximum atomic E-state index is 13.8. The van der Waals surface area contributed by atoms with E-state index in [-0.39, 0.29) is 22.4 Å². The van der Waals surface area contributed by atoms with Crippen molar-refractivity contribution < 1.29 is 18.5 Å². The molecular weight excluding hydrogens is 464 g/mol. The lowest BCUT2D eigenvalue weighted by Crippen LogP contribution is -2.28. The minimum atomic E-state index is -1.22. The number of carbonyl (C=O) groups excluding carboxylic acids is 2. The number of carbonyl (C=O) groups is 2. The lowest BCUT2D eigenvalue weighted by Gasteiger charge is -2.27. The van der Waals surface area contributed by atoms with Crippen LogP contribution in [0.4, 0.5) is 0 Å². The Kier molecular flexibility index (Phi) is 10.4. The molecule has 0 heterocycles. The molecule has 0 aromatic heterocycles. The van der Waals surface area contributed by atoms with Crippen LogP contribution in [0.25, 0.3) is 0 Å². The van der Waals surface area contributed by atoms with Crippen LogP contribution in [0.2, 0.25) is 0 Å². The van der Waals surface area contributed by atoms with Crippen LogP contribution in [0.15, 0.2) is 58.3 Å². The van der Waals surface area contributed by atoms with E-state index in [4.69, 9.17) is 4.74 Å². The quantitative estimate of drug-likeness (QED) is 0.186. The van der Waals surface area contributed by atoms with Gasteiger partial charge in [-0.15, -0.1) is 11.8 Å². The Morgan fingerprint density at radius 1 is 1.00 bits per heavy atom. The predicted octanol–water partition coefficient (Wildman–Crippen LogP) is 6.64. The summed E-state index contributed by atoms with van der Waals surface area (Å²) in [5.74, 6) is 0.199. The van der Waals surface area contributed by atoms with E-state index in [1.165, 1.54) is 12.7 Å². The molecule has 1 aliphatic rings. The number of aryl methyl sites for hydroxylation is 2. The van der Waals surface area contributed by atoms with Gasteiger partial charge in [-0.3, -0.25) is 13.8 Å². The van der Waals surface area contributed by atoms with Gasteiger partial charge in [-0.25, -0.2) is 0 Å². The summed E-state index contributed by atoms with van der Waals surface area (Å²) in [5.41, 5.74) is 2.34. The van der Waals surface area contributed by atoms with Crippen molar-refractivity contribution in [1.29, 1.82) is 0 Å². The molecular formula is C28H36O4S2. The molecule has 1 fully saturated rings. The summed E-state index contributed by atoms with van der Waals surface area (Å²) in [5, 5.41) is 0. The first-order valence-electron chi connectivity index (χ1n) is 12.2. The first-order chi connectivity index (χ1) is 16.4. The third-order valence-corrected chi connectivity index (χ3v) is 10.1. The molecule has 2 aromatic carbocycles. The largest absolute Gasteiger partial charge is 0.469 e. The highest BCUT2D eigenvalue weighted by Gasteiger charge is 2.42. The van der Waals surface area contributed by atoms with Gasteiger partial charge in [0.25, 0.3) is 0 Å². The zero-order valence-electron chi connectivity index (χ0n) is 20.5. The average molecular weight is 501 g/mol. The summed E-state index contributed by atoms with van der Waals surface area (Å²) in [4.78, 5) is 26.1. The minimum absolute atomic E-state index is 0.0436. The van der Waals surface area contributed by atoms with Crippen molar-refractivity contribution in [2.75, 3.05) is 7.11 Å². The molecule has 184 valence electrons. The van der Waals surface area contributed by atoms with Gasteiger partial charge in [0.05, 0.1) is 22.5 Å². The Labute approximate surface area is 210 Å². The van der Waals surface area contributed by atoms with Crippen molar-refractivity contribution in [3.63, 3.8) is 0 Å². The van der Waals surface area contributed by atoms with Crippen molar-refractivity contribution in [2.45, 2.75) is 79.6 Å². The van der Waals surface area contributed by atoms with E-state index in [1.807, 2.05) is 31.2 Å². The van der Waals surface area contributed by atoms with Crippen LogP contribution in [-0.4, -0.2) is 27.7 Å². The third kappa shape index (κ3) is 7.54. The fourth-order valence-electron chi connectivity index (χ4n) is 4.57. The molecule has 0 spiro atoms. The molecule has 2 unspecified atom stereocenters. The van der Waals surface area contributed by atoms with Gasteiger partial charge < -0.3 is 4.74 Å². The van der Waals surface area contributed by atoms with E-state index in [0.717, 1.165) is 53.9 Å². The molecule has 4 atom stereocenters. The highest BCUT2D eigenvalue weighted by molar-refractivity contribution is 8.11. The smallest absolute Gasteiger partial charge is 0.305 e. The monoisotopic (exact) mass is 500 g/mol. The molecule has 1 aliphatic carbocycles. The van der Waals surface area contributed by atoms with Crippen LogP contribution in [0, 0.1) is 25.7 Å². The van der Waals surface area contributed by atoms with Crippen molar-refractivity contribution in [2.24, 2.45) is 11.8 Å². The molecule has 6 heteroatoms. The first kappa shape index (κ1) is 26.7. The first-order valence-corrected chi connectivity index (χ1v) is 14.3. The Bertz CT molecular complexity index is 969. The molecule has 3 rings (SSSR count). The molecule has 2 aromatic rings. The number of hydrogen-bond acceptors (Lipinski definition) is 5. The van der Waals surface area contributed by atoms with Crippen LogP contribution >= 0.6 is 11.8 Å². The van der Waals surface area contributed by atoms with E-state index < -0.39 is 10.8 Å². The molecule has 0 bridgehead atoms. The number of rotatable bonds is 12. The summed E-state index contributed by atoms with van der Waals surface area (Å²) in [6.45, 7) is 4.09. The van der Waals surface area contributed by atoms with Crippen molar-refractivity contribution in [3.05, 3.63) is 59.7 Å². The number of ketones is 1. The zero-order valence-corrected chi connectivity index (χ0v) is 22.1. The molecule has 1 saturated carbocycles. The molecule has 4 nitrogen and oxygen atoms in total. The van der Waals surface area contributed by atoms with Gasteiger partial charge in [0.15, 0.2) is 0 Å². The SMILES string of the molecule is COC(=O)CCCCCCC1C(=O)CC[C@H]1C(Sc1ccc(C)cc1)[S@](=O)c1ccc(C)cc1. The van der Waals surface area contributed by atoms with Crippen molar-refractivity contribution in [1.82, 2.24) is 0 Å². The van der Waals surface area contributed by atoms with Crippen LogP contribution in [0.1, 0.15) is 62.5 Å². The Balaban J connectivity index is 1.71. The van der Waals surface area contributed by atoms with Gasteiger partial charge in [-0.1, -0.05) is 54.7 Å². The minimum Gasteiger partial charge on any atom is -0.469 e. The molecule has 0 saturated heterocycles. The molecule has 34 heavy (non-hydrogen) atoms. The number of benzene rings is 2. The van der Waals surface area contributed by atoms with E-state index in [0.29, 0.717) is 18.6 Å².